The maximum atomic E-state index is 12.8. The van der Waals surface area contributed by atoms with Crippen LogP contribution in [-0.2, 0) is 14.9 Å². The van der Waals surface area contributed by atoms with Gasteiger partial charge in [0.05, 0.1) is 11.6 Å². The summed E-state index contributed by atoms with van der Waals surface area (Å²) in [5.74, 6) is -1.62. The first-order valence-electron chi connectivity index (χ1n) is 7.22. The highest BCUT2D eigenvalue weighted by atomic mass is 32.2. The van der Waals surface area contributed by atoms with Crippen molar-refractivity contribution in [3.05, 3.63) is 35.5 Å². The van der Waals surface area contributed by atoms with Crippen molar-refractivity contribution in [1.29, 1.82) is 0 Å². The van der Waals surface area contributed by atoms with Crippen molar-refractivity contribution in [1.82, 2.24) is 4.90 Å². The first-order chi connectivity index (χ1) is 11.1. The van der Waals surface area contributed by atoms with Crippen LogP contribution in [0.4, 0.5) is 5.69 Å². The Kier molecular flexibility index (Phi) is 3.65. The van der Waals surface area contributed by atoms with Crippen LogP contribution in [0.3, 0.4) is 0 Å². The molecule has 2 aliphatic heterocycles. The second-order valence-corrected chi connectivity index (χ2v) is 7.33. The third-order valence-electron chi connectivity index (χ3n) is 4.29. The summed E-state index contributed by atoms with van der Waals surface area (Å²) < 4.78 is 33.8. The van der Waals surface area contributed by atoms with E-state index >= 15 is 0 Å². The molecule has 0 aromatic heterocycles. The Morgan fingerprint density at radius 1 is 1.33 bits per heavy atom. The van der Waals surface area contributed by atoms with E-state index in [1.165, 1.54) is 23.2 Å². The van der Waals surface area contributed by atoms with Crippen molar-refractivity contribution in [3.8, 4) is 5.75 Å². The number of hydrogen-bond acceptors (Lipinski definition) is 5. The van der Waals surface area contributed by atoms with Crippen molar-refractivity contribution in [3.63, 3.8) is 0 Å². The summed E-state index contributed by atoms with van der Waals surface area (Å²) in [6, 6.07) is 1.97. The largest absolute Gasteiger partial charge is 0.505 e. The molecule has 128 valence electrons. The zero-order valence-corrected chi connectivity index (χ0v) is 13.8. The number of rotatable bonds is 1. The van der Waals surface area contributed by atoms with E-state index in [9.17, 15) is 27.7 Å². The van der Waals surface area contributed by atoms with Crippen LogP contribution in [0, 0.1) is 6.92 Å². The molecule has 8 nitrogen and oxygen atoms in total. The molecule has 0 radical (unpaired) electrons. The topological polar surface area (TPSA) is 115 Å². The van der Waals surface area contributed by atoms with E-state index in [1.54, 1.807) is 13.0 Å². The average Bonchev–Trinajstić information content (AvgIpc) is 2.90. The van der Waals surface area contributed by atoms with Gasteiger partial charge in [-0.3, -0.25) is 19.0 Å². The lowest BCUT2D eigenvalue weighted by Gasteiger charge is -2.33. The predicted molar refractivity (Wildman–Crippen MR) is 85.1 cm³/mol. The second kappa shape index (κ2) is 5.32. The number of aryl methyl sites for hydroxylation is 1. The zero-order valence-electron chi connectivity index (χ0n) is 13.0. The lowest BCUT2D eigenvalue weighted by molar-refractivity contribution is -0.117. The first kappa shape index (κ1) is 16.5. The number of amides is 2. The molecule has 2 N–H and O–H groups in total. The van der Waals surface area contributed by atoms with Crippen molar-refractivity contribution >= 4 is 27.6 Å². The van der Waals surface area contributed by atoms with Gasteiger partial charge in [-0.25, -0.2) is 0 Å². The second-order valence-electron chi connectivity index (χ2n) is 5.82. The van der Waals surface area contributed by atoms with Gasteiger partial charge in [0.2, 0.25) is 5.91 Å². The molecular weight excluding hydrogens is 336 g/mol. The zero-order chi connectivity index (χ0) is 17.8. The number of phenols is 1. The molecule has 2 aliphatic rings. The third kappa shape index (κ3) is 2.28. The first-order valence-corrected chi connectivity index (χ1v) is 8.73. The number of phenolic OH excluding ortho intramolecular Hbond substituents is 1. The number of hydrogen-bond donors (Lipinski definition) is 2. The molecule has 0 fully saturated rings. The average molecular weight is 352 g/mol. The molecule has 24 heavy (non-hydrogen) atoms. The van der Waals surface area contributed by atoms with E-state index < -0.39 is 33.3 Å². The van der Waals surface area contributed by atoms with Gasteiger partial charge in [-0.05, 0) is 25.0 Å². The molecule has 3 rings (SSSR count). The van der Waals surface area contributed by atoms with Crippen LogP contribution in [0.25, 0.3) is 0 Å². The Labute approximate surface area is 138 Å². The maximum Gasteiger partial charge on any atom is 0.288 e. The number of nitrogens with zero attached hydrogens (tertiary/aromatic N) is 2. The molecule has 2 unspecified atom stereocenters. The van der Waals surface area contributed by atoms with Gasteiger partial charge in [0.25, 0.3) is 16.0 Å². The molecule has 0 aliphatic carbocycles. The number of anilines is 1. The molecule has 0 spiro atoms. The van der Waals surface area contributed by atoms with Crippen LogP contribution in [-0.4, -0.2) is 46.2 Å². The van der Waals surface area contributed by atoms with Gasteiger partial charge in [-0.15, -0.1) is 0 Å². The lowest BCUT2D eigenvalue weighted by atomic mass is 10.1. The van der Waals surface area contributed by atoms with Gasteiger partial charge < -0.3 is 10.0 Å². The summed E-state index contributed by atoms with van der Waals surface area (Å²) >= 11 is 0. The van der Waals surface area contributed by atoms with Crippen LogP contribution in [0.5, 0.6) is 5.75 Å². The SMILES string of the molecule is CC(=O)N1c2c(ccc(C)c2O)C(=O)N2C=CCC2C1S(=O)(=O)O. The quantitative estimate of drug-likeness (QED) is 0.729. The van der Waals surface area contributed by atoms with E-state index in [2.05, 4.69) is 0 Å². The van der Waals surface area contributed by atoms with Crippen LogP contribution in [0.1, 0.15) is 29.3 Å². The normalized spacial score (nSPS) is 23.0. The van der Waals surface area contributed by atoms with E-state index in [1.807, 2.05) is 0 Å². The number of carbonyl (C=O) groups excluding carboxylic acids is 2. The molecule has 0 saturated carbocycles. The monoisotopic (exact) mass is 352 g/mol. The van der Waals surface area contributed by atoms with Gasteiger partial charge in [-0.1, -0.05) is 12.1 Å². The van der Waals surface area contributed by atoms with Crippen molar-refractivity contribution in [2.75, 3.05) is 4.90 Å². The summed E-state index contributed by atoms with van der Waals surface area (Å²) in [6.07, 6.45) is 3.18. The summed E-state index contributed by atoms with van der Waals surface area (Å²) in [5, 5.41) is 8.69. The minimum atomic E-state index is -4.73. The van der Waals surface area contributed by atoms with Crippen LogP contribution < -0.4 is 4.90 Å². The number of fused-ring (bicyclic) bond motifs is 2. The highest BCUT2D eigenvalue weighted by Gasteiger charge is 2.49. The van der Waals surface area contributed by atoms with Crippen LogP contribution in [0.2, 0.25) is 0 Å². The molecule has 2 atom stereocenters. The van der Waals surface area contributed by atoms with E-state index in [0.29, 0.717) is 5.56 Å². The Hall–Kier alpha value is -2.39. The van der Waals surface area contributed by atoms with Crippen LogP contribution >= 0.6 is 0 Å². The fraction of sp³-hybridized carbons (Fsp3) is 0.333. The predicted octanol–water partition coefficient (Wildman–Crippen LogP) is 1.01. The minimum Gasteiger partial charge on any atom is -0.505 e. The molecule has 9 heteroatoms. The Morgan fingerprint density at radius 3 is 2.58 bits per heavy atom. The van der Waals surface area contributed by atoms with Crippen molar-refractivity contribution in [2.24, 2.45) is 0 Å². The highest BCUT2D eigenvalue weighted by Crippen LogP contribution is 2.42. The molecule has 2 heterocycles. The molecule has 0 saturated heterocycles. The van der Waals surface area contributed by atoms with Gasteiger partial charge in [-0.2, -0.15) is 8.42 Å². The summed E-state index contributed by atoms with van der Waals surface area (Å²) in [4.78, 5) is 27.0. The van der Waals surface area contributed by atoms with Crippen molar-refractivity contribution < 1.29 is 27.7 Å². The number of aromatic hydroxyl groups is 1. The highest BCUT2D eigenvalue weighted by molar-refractivity contribution is 7.86. The Balaban J connectivity index is 2.39. The Bertz CT molecular complexity index is 876. The third-order valence-corrected chi connectivity index (χ3v) is 5.42. The van der Waals surface area contributed by atoms with Crippen molar-refractivity contribution in [2.45, 2.75) is 31.7 Å². The lowest BCUT2D eigenvalue weighted by Crippen LogP contribution is -2.53. The smallest absolute Gasteiger partial charge is 0.288 e. The van der Waals surface area contributed by atoms with Gasteiger partial charge in [0, 0.05) is 13.1 Å². The fourth-order valence-corrected chi connectivity index (χ4v) is 4.37. The van der Waals surface area contributed by atoms with Gasteiger partial charge >= 0.3 is 0 Å². The van der Waals surface area contributed by atoms with Gasteiger partial charge in [0.1, 0.15) is 11.4 Å². The molecule has 1 aromatic carbocycles. The molecule has 1 aromatic rings. The number of carbonyl (C=O) groups is 2. The standard InChI is InChI=1S/C15H16N2O6S/c1-8-5-6-10-12(13(8)19)17(9(2)18)15(24(21,22)23)11-4-3-7-16(11)14(10)20/h3,5-7,11,15,19H,4H2,1-2H3,(H,21,22,23). The summed E-state index contributed by atoms with van der Waals surface area (Å²) in [5.41, 5.74) is 0.174. The Morgan fingerprint density at radius 2 is 2.00 bits per heavy atom. The minimum absolute atomic E-state index is 0.00370. The summed E-state index contributed by atoms with van der Waals surface area (Å²) in [6.45, 7) is 2.68. The molecular formula is C15H16N2O6S. The van der Waals surface area contributed by atoms with E-state index in [-0.39, 0.29) is 23.4 Å². The maximum absolute atomic E-state index is 12.8. The number of benzene rings is 1. The fourth-order valence-electron chi connectivity index (χ4n) is 3.21. The summed E-state index contributed by atoms with van der Waals surface area (Å²) in [7, 11) is -4.73. The molecule has 0 bridgehead atoms. The van der Waals surface area contributed by atoms with Crippen LogP contribution in [0.15, 0.2) is 24.4 Å². The van der Waals surface area contributed by atoms with E-state index in [0.717, 1.165) is 11.8 Å². The molecule has 2 amide bonds. The van der Waals surface area contributed by atoms with E-state index in [4.69, 9.17) is 0 Å². The van der Waals surface area contributed by atoms with Gasteiger partial charge in [0.15, 0.2) is 5.37 Å².